The summed E-state index contributed by atoms with van der Waals surface area (Å²) in [7, 11) is 1.87. The maximum absolute atomic E-state index is 6.26. The lowest BCUT2D eigenvalue weighted by Gasteiger charge is -2.38. The van der Waals surface area contributed by atoms with E-state index in [4.69, 9.17) is 16.3 Å². The Labute approximate surface area is 165 Å². The third kappa shape index (κ3) is 4.99. The third-order valence-electron chi connectivity index (χ3n) is 5.01. The Balaban J connectivity index is 1.75. The molecule has 146 valence electrons. The molecule has 0 amide bonds. The van der Waals surface area contributed by atoms with Gasteiger partial charge >= 0.3 is 0 Å². The fraction of sp³-hybridized carbons (Fsp3) is 0.526. The van der Waals surface area contributed by atoms with E-state index < -0.39 is 0 Å². The van der Waals surface area contributed by atoms with Crippen molar-refractivity contribution in [2.24, 2.45) is 12.0 Å². The highest BCUT2D eigenvalue weighted by Gasteiger charge is 2.34. The van der Waals surface area contributed by atoms with Crippen LogP contribution in [0.3, 0.4) is 0 Å². The SMILES string of the molecule is CCNC(=NCc1ncnn1C)NCC1(c2cccc(Cl)c2)CCOCC1. The Morgan fingerprint density at radius 2 is 2.15 bits per heavy atom. The van der Waals surface area contributed by atoms with Gasteiger partial charge in [-0.25, -0.2) is 9.98 Å². The predicted octanol–water partition coefficient (Wildman–Crippen LogP) is 2.27. The minimum Gasteiger partial charge on any atom is -0.381 e. The lowest BCUT2D eigenvalue weighted by molar-refractivity contribution is 0.0514. The molecular weight excluding hydrogens is 364 g/mol. The first-order chi connectivity index (χ1) is 13.1. The largest absolute Gasteiger partial charge is 0.381 e. The Morgan fingerprint density at radius 3 is 2.81 bits per heavy atom. The van der Waals surface area contributed by atoms with Gasteiger partial charge in [-0.1, -0.05) is 23.7 Å². The number of hydrogen-bond acceptors (Lipinski definition) is 4. The molecule has 0 radical (unpaired) electrons. The summed E-state index contributed by atoms with van der Waals surface area (Å²) in [5, 5.41) is 11.7. The number of aryl methyl sites for hydroxylation is 1. The standard InChI is InChI=1S/C19H27ClN6O/c1-3-21-18(22-12-17-24-14-25-26(17)2)23-13-19(7-9-27-10-8-19)15-5-4-6-16(20)11-15/h4-6,11,14H,3,7-10,12-13H2,1-2H3,(H2,21,22,23). The van der Waals surface area contributed by atoms with Crippen LogP contribution in [0.2, 0.25) is 5.02 Å². The third-order valence-corrected chi connectivity index (χ3v) is 5.24. The highest BCUT2D eigenvalue weighted by Crippen LogP contribution is 2.35. The second-order valence-electron chi connectivity index (χ2n) is 6.75. The van der Waals surface area contributed by atoms with Gasteiger partial charge in [-0.15, -0.1) is 0 Å². The quantitative estimate of drug-likeness (QED) is 0.584. The number of nitrogens with zero attached hydrogens (tertiary/aromatic N) is 4. The lowest BCUT2D eigenvalue weighted by atomic mass is 9.74. The van der Waals surface area contributed by atoms with Crippen molar-refractivity contribution in [1.82, 2.24) is 25.4 Å². The second kappa shape index (κ2) is 9.19. The summed E-state index contributed by atoms with van der Waals surface area (Å²) in [4.78, 5) is 8.88. The van der Waals surface area contributed by atoms with Gasteiger partial charge in [-0.3, -0.25) is 4.68 Å². The van der Waals surface area contributed by atoms with Gasteiger partial charge in [0.15, 0.2) is 5.96 Å². The number of rotatable bonds is 6. The maximum Gasteiger partial charge on any atom is 0.191 e. The average Bonchev–Trinajstić information content (AvgIpc) is 3.09. The van der Waals surface area contributed by atoms with E-state index in [1.54, 1.807) is 11.0 Å². The molecule has 1 aliphatic rings. The van der Waals surface area contributed by atoms with Gasteiger partial charge in [-0.05, 0) is 37.5 Å². The highest BCUT2D eigenvalue weighted by molar-refractivity contribution is 6.30. The molecule has 2 heterocycles. The molecule has 3 rings (SSSR count). The summed E-state index contributed by atoms with van der Waals surface area (Å²) in [6.07, 6.45) is 3.44. The van der Waals surface area contributed by atoms with Crippen LogP contribution in [0.25, 0.3) is 0 Å². The van der Waals surface area contributed by atoms with Crippen molar-refractivity contribution >= 4 is 17.6 Å². The molecule has 1 saturated heterocycles. The Morgan fingerprint density at radius 1 is 1.33 bits per heavy atom. The van der Waals surface area contributed by atoms with Crippen molar-refractivity contribution in [2.75, 3.05) is 26.3 Å². The number of benzene rings is 1. The van der Waals surface area contributed by atoms with Crippen molar-refractivity contribution < 1.29 is 4.74 Å². The average molecular weight is 391 g/mol. The van der Waals surface area contributed by atoms with E-state index in [0.29, 0.717) is 6.54 Å². The zero-order chi connectivity index (χ0) is 19.1. The molecule has 2 aromatic rings. The zero-order valence-electron chi connectivity index (χ0n) is 15.9. The minimum absolute atomic E-state index is 0.0237. The van der Waals surface area contributed by atoms with Gasteiger partial charge in [0.1, 0.15) is 18.7 Å². The second-order valence-corrected chi connectivity index (χ2v) is 7.19. The molecule has 1 aromatic heterocycles. The molecular formula is C19H27ClN6O. The van der Waals surface area contributed by atoms with Gasteiger partial charge in [0.05, 0.1) is 0 Å². The Bertz CT molecular complexity index is 769. The molecule has 27 heavy (non-hydrogen) atoms. The maximum atomic E-state index is 6.26. The van der Waals surface area contributed by atoms with Crippen molar-refractivity contribution in [3.8, 4) is 0 Å². The highest BCUT2D eigenvalue weighted by atomic mass is 35.5. The Hall–Kier alpha value is -2.12. The minimum atomic E-state index is -0.0237. The van der Waals surface area contributed by atoms with Crippen molar-refractivity contribution in [1.29, 1.82) is 0 Å². The summed E-state index contributed by atoms with van der Waals surface area (Å²) >= 11 is 6.26. The fourth-order valence-electron chi connectivity index (χ4n) is 3.36. The molecule has 0 unspecified atom stereocenters. The van der Waals surface area contributed by atoms with Crippen LogP contribution in [-0.2, 0) is 23.7 Å². The topological polar surface area (TPSA) is 76.4 Å². The number of hydrogen-bond donors (Lipinski definition) is 2. The monoisotopic (exact) mass is 390 g/mol. The van der Waals surface area contributed by atoms with Gasteiger partial charge in [0.2, 0.25) is 0 Å². The number of guanidine groups is 1. The number of aliphatic imine (C=N–C) groups is 1. The summed E-state index contributed by atoms with van der Waals surface area (Å²) < 4.78 is 7.35. The molecule has 0 spiro atoms. The van der Waals surface area contributed by atoms with Gasteiger partial charge < -0.3 is 15.4 Å². The van der Waals surface area contributed by atoms with E-state index in [1.807, 2.05) is 19.2 Å². The molecule has 0 bridgehead atoms. The summed E-state index contributed by atoms with van der Waals surface area (Å²) in [6.45, 7) is 5.58. The van der Waals surface area contributed by atoms with Gasteiger partial charge in [0.25, 0.3) is 0 Å². The van der Waals surface area contributed by atoms with Crippen LogP contribution in [0.1, 0.15) is 31.2 Å². The first-order valence-electron chi connectivity index (χ1n) is 9.32. The first-order valence-corrected chi connectivity index (χ1v) is 9.69. The van der Waals surface area contributed by atoms with E-state index in [0.717, 1.165) is 56.0 Å². The van der Waals surface area contributed by atoms with Crippen LogP contribution in [-0.4, -0.2) is 47.0 Å². The molecule has 0 atom stereocenters. The number of ether oxygens (including phenoxy) is 1. The first kappa shape index (κ1) is 19.6. The lowest BCUT2D eigenvalue weighted by Crippen LogP contribution is -2.48. The van der Waals surface area contributed by atoms with Gasteiger partial charge in [-0.2, -0.15) is 5.10 Å². The number of halogens is 1. The summed E-state index contributed by atoms with van der Waals surface area (Å²) in [5.74, 6) is 1.59. The molecule has 1 fully saturated rings. The van der Waals surface area contributed by atoms with Crippen LogP contribution >= 0.6 is 11.6 Å². The van der Waals surface area contributed by atoms with Crippen molar-refractivity contribution in [2.45, 2.75) is 31.7 Å². The van der Waals surface area contributed by atoms with E-state index in [9.17, 15) is 0 Å². The fourth-order valence-corrected chi connectivity index (χ4v) is 3.55. The number of nitrogens with one attached hydrogen (secondary N) is 2. The number of aromatic nitrogens is 3. The smallest absolute Gasteiger partial charge is 0.191 e. The molecule has 7 nitrogen and oxygen atoms in total. The van der Waals surface area contributed by atoms with E-state index >= 15 is 0 Å². The summed E-state index contributed by atoms with van der Waals surface area (Å²) in [6, 6.07) is 8.15. The molecule has 0 saturated carbocycles. The van der Waals surface area contributed by atoms with Gasteiger partial charge in [0, 0.05) is 43.8 Å². The molecule has 1 aromatic carbocycles. The Kier molecular flexibility index (Phi) is 6.68. The van der Waals surface area contributed by atoms with Crippen LogP contribution in [0.15, 0.2) is 35.6 Å². The zero-order valence-corrected chi connectivity index (χ0v) is 16.7. The normalized spacial score (nSPS) is 16.9. The molecule has 8 heteroatoms. The molecule has 0 aliphatic carbocycles. The van der Waals surface area contributed by atoms with Crippen LogP contribution in [0.5, 0.6) is 0 Å². The van der Waals surface area contributed by atoms with E-state index in [2.05, 4.69) is 44.8 Å². The van der Waals surface area contributed by atoms with Crippen LogP contribution in [0, 0.1) is 0 Å². The van der Waals surface area contributed by atoms with E-state index in [1.165, 1.54) is 5.56 Å². The van der Waals surface area contributed by atoms with Crippen LogP contribution < -0.4 is 10.6 Å². The predicted molar refractivity (Wildman–Crippen MR) is 107 cm³/mol. The molecule has 1 aliphatic heterocycles. The van der Waals surface area contributed by atoms with Crippen molar-refractivity contribution in [3.63, 3.8) is 0 Å². The van der Waals surface area contributed by atoms with E-state index in [-0.39, 0.29) is 5.41 Å². The van der Waals surface area contributed by atoms with Crippen molar-refractivity contribution in [3.05, 3.63) is 47.0 Å². The summed E-state index contributed by atoms with van der Waals surface area (Å²) in [5.41, 5.74) is 1.22. The molecule has 2 N–H and O–H groups in total. The van der Waals surface area contributed by atoms with Crippen LogP contribution in [0.4, 0.5) is 0 Å².